The fourth-order valence-corrected chi connectivity index (χ4v) is 3.02. The SMILES string of the molecule is CCCC(C#N)(CCC)C(=O)NC(C)CCSCC. The summed E-state index contributed by atoms with van der Waals surface area (Å²) in [5.74, 6) is 2.08. The molecular weight excluding hydrogens is 256 g/mol. The maximum atomic E-state index is 12.4. The van der Waals surface area contributed by atoms with Gasteiger partial charge in [-0.05, 0) is 37.7 Å². The lowest BCUT2D eigenvalue weighted by Gasteiger charge is -2.26. The molecule has 0 heterocycles. The lowest BCUT2D eigenvalue weighted by molar-refractivity contribution is -0.129. The summed E-state index contributed by atoms with van der Waals surface area (Å²) in [6.07, 6.45) is 3.99. The largest absolute Gasteiger partial charge is 0.352 e. The van der Waals surface area contributed by atoms with Gasteiger partial charge in [-0.2, -0.15) is 17.0 Å². The summed E-state index contributed by atoms with van der Waals surface area (Å²) in [6.45, 7) is 8.21. The van der Waals surface area contributed by atoms with Crippen molar-refractivity contribution in [2.45, 2.75) is 65.8 Å². The number of nitriles is 1. The molecule has 0 spiro atoms. The first-order valence-corrected chi connectivity index (χ1v) is 8.51. The van der Waals surface area contributed by atoms with E-state index in [1.165, 1.54) is 0 Å². The van der Waals surface area contributed by atoms with Gasteiger partial charge in [0.15, 0.2) is 0 Å². The van der Waals surface area contributed by atoms with Gasteiger partial charge in [-0.3, -0.25) is 4.79 Å². The first kappa shape index (κ1) is 18.3. The van der Waals surface area contributed by atoms with E-state index >= 15 is 0 Å². The molecule has 0 saturated heterocycles. The molecule has 3 nitrogen and oxygen atoms in total. The number of carbonyl (C=O) groups excluding carboxylic acids is 1. The number of carbonyl (C=O) groups is 1. The molecule has 19 heavy (non-hydrogen) atoms. The molecule has 0 bridgehead atoms. The molecule has 0 aliphatic carbocycles. The predicted octanol–water partition coefficient (Wildman–Crippen LogP) is 3.74. The Morgan fingerprint density at radius 1 is 1.32 bits per heavy atom. The van der Waals surface area contributed by atoms with Crippen molar-refractivity contribution in [2.24, 2.45) is 5.41 Å². The summed E-state index contributed by atoms with van der Waals surface area (Å²) >= 11 is 1.88. The quantitative estimate of drug-likeness (QED) is 0.622. The molecule has 0 fully saturated rings. The van der Waals surface area contributed by atoms with E-state index in [4.69, 9.17) is 0 Å². The van der Waals surface area contributed by atoms with E-state index in [0.29, 0.717) is 12.8 Å². The molecule has 0 saturated carbocycles. The van der Waals surface area contributed by atoms with Crippen LogP contribution in [0.15, 0.2) is 0 Å². The van der Waals surface area contributed by atoms with Crippen molar-refractivity contribution < 1.29 is 4.79 Å². The molecule has 1 unspecified atom stereocenters. The molecule has 0 radical (unpaired) electrons. The predicted molar refractivity (Wildman–Crippen MR) is 83.1 cm³/mol. The monoisotopic (exact) mass is 284 g/mol. The van der Waals surface area contributed by atoms with Crippen molar-refractivity contribution in [1.29, 1.82) is 5.26 Å². The summed E-state index contributed by atoms with van der Waals surface area (Å²) < 4.78 is 0. The minimum Gasteiger partial charge on any atom is -0.352 e. The van der Waals surface area contributed by atoms with Crippen molar-refractivity contribution in [2.75, 3.05) is 11.5 Å². The Labute approximate surface area is 122 Å². The molecule has 0 rings (SSSR count). The molecular formula is C15H28N2OS. The van der Waals surface area contributed by atoms with Crippen LogP contribution in [0.2, 0.25) is 0 Å². The zero-order chi connectivity index (χ0) is 14.7. The fraction of sp³-hybridized carbons (Fsp3) is 0.867. The van der Waals surface area contributed by atoms with Crippen molar-refractivity contribution in [3.8, 4) is 6.07 Å². The second-order valence-electron chi connectivity index (χ2n) is 5.05. The first-order valence-electron chi connectivity index (χ1n) is 7.36. The van der Waals surface area contributed by atoms with E-state index in [1.807, 2.05) is 32.5 Å². The van der Waals surface area contributed by atoms with Gasteiger partial charge in [0.2, 0.25) is 5.91 Å². The van der Waals surface area contributed by atoms with Gasteiger partial charge in [-0.25, -0.2) is 0 Å². The molecule has 1 N–H and O–H groups in total. The number of nitrogens with one attached hydrogen (secondary N) is 1. The Hall–Kier alpha value is -0.690. The minimum atomic E-state index is -0.824. The number of amides is 1. The molecule has 0 aromatic heterocycles. The first-order chi connectivity index (χ1) is 9.06. The Bertz CT molecular complexity index is 293. The Kier molecular flexibility index (Phi) is 9.77. The number of nitrogens with zero attached hydrogens (tertiary/aromatic N) is 1. The molecule has 1 amide bonds. The topological polar surface area (TPSA) is 52.9 Å². The van der Waals surface area contributed by atoms with Gasteiger partial charge in [0.05, 0.1) is 6.07 Å². The van der Waals surface area contributed by atoms with Crippen LogP contribution in [0, 0.1) is 16.7 Å². The number of hydrogen-bond acceptors (Lipinski definition) is 3. The lowest BCUT2D eigenvalue weighted by atomic mass is 9.79. The fourth-order valence-electron chi connectivity index (χ4n) is 2.21. The maximum Gasteiger partial charge on any atom is 0.240 e. The van der Waals surface area contributed by atoms with Crippen molar-refractivity contribution in [3.05, 3.63) is 0 Å². The Balaban J connectivity index is 4.51. The third-order valence-corrected chi connectivity index (χ3v) is 4.21. The smallest absolute Gasteiger partial charge is 0.240 e. The number of rotatable bonds is 10. The van der Waals surface area contributed by atoms with Crippen LogP contribution >= 0.6 is 11.8 Å². The average molecular weight is 284 g/mol. The van der Waals surface area contributed by atoms with E-state index in [0.717, 1.165) is 30.8 Å². The summed E-state index contributed by atoms with van der Waals surface area (Å²) in [7, 11) is 0. The molecule has 1 atom stereocenters. The van der Waals surface area contributed by atoms with Crippen LogP contribution in [0.4, 0.5) is 0 Å². The van der Waals surface area contributed by atoms with Crippen LogP contribution in [0.5, 0.6) is 0 Å². The van der Waals surface area contributed by atoms with Gasteiger partial charge < -0.3 is 5.32 Å². The van der Waals surface area contributed by atoms with Crippen molar-refractivity contribution in [3.63, 3.8) is 0 Å². The summed E-state index contributed by atoms with van der Waals surface area (Å²) in [5.41, 5.74) is -0.824. The summed E-state index contributed by atoms with van der Waals surface area (Å²) in [5, 5.41) is 12.4. The van der Waals surface area contributed by atoms with Gasteiger partial charge in [-0.1, -0.05) is 33.6 Å². The number of thioether (sulfide) groups is 1. The van der Waals surface area contributed by atoms with E-state index in [-0.39, 0.29) is 11.9 Å². The maximum absolute atomic E-state index is 12.4. The Morgan fingerprint density at radius 3 is 2.32 bits per heavy atom. The van der Waals surface area contributed by atoms with Gasteiger partial charge in [0.1, 0.15) is 5.41 Å². The van der Waals surface area contributed by atoms with Crippen LogP contribution in [0.1, 0.15) is 59.8 Å². The van der Waals surface area contributed by atoms with E-state index in [2.05, 4.69) is 18.3 Å². The second-order valence-corrected chi connectivity index (χ2v) is 6.45. The van der Waals surface area contributed by atoms with Gasteiger partial charge >= 0.3 is 0 Å². The molecule has 0 aromatic rings. The molecule has 4 heteroatoms. The van der Waals surface area contributed by atoms with E-state index < -0.39 is 5.41 Å². The Morgan fingerprint density at radius 2 is 1.89 bits per heavy atom. The zero-order valence-electron chi connectivity index (χ0n) is 12.8. The molecule has 0 aromatic carbocycles. The van der Waals surface area contributed by atoms with Crippen LogP contribution in [0.25, 0.3) is 0 Å². The van der Waals surface area contributed by atoms with Gasteiger partial charge in [0.25, 0.3) is 0 Å². The van der Waals surface area contributed by atoms with Crippen molar-refractivity contribution in [1.82, 2.24) is 5.32 Å². The van der Waals surface area contributed by atoms with Crippen LogP contribution in [0.3, 0.4) is 0 Å². The molecule has 0 aliphatic heterocycles. The standard InChI is InChI=1S/C15H28N2OS/c1-5-9-15(12-16,10-6-2)14(18)17-13(4)8-11-19-7-3/h13H,5-11H2,1-4H3,(H,17,18). The second kappa shape index (κ2) is 10.1. The normalized spacial score (nSPS) is 12.8. The minimum absolute atomic E-state index is 0.0762. The number of hydrogen-bond donors (Lipinski definition) is 1. The molecule has 110 valence electrons. The van der Waals surface area contributed by atoms with Crippen LogP contribution in [-0.2, 0) is 4.79 Å². The zero-order valence-corrected chi connectivity index (χ0v) is 13.6. The van der Waals surface area contributed by atoms with Gasteiger partial charge in [-0.15, -0.1) is 0 Å². The van der Waals surface area contributed by atoms with E-state index in [9.17, 15) is 10.1 Å². The lowest BCUT2D eigenvalue weighted by Crippen LogP contribution is -2.44. The summed E-state index contributed by atoms with van der Waals surface area (Å²) in [4.78, 5) is 12.4. The molecule has 0 aliphatic rings. The highest BCUT2D eigenvalue weighted by Gasteiger charge is 2.37. The van der Waals surface area contributed by atoms with E-state index in [1.54, 1.807) is 0 Å². The van der Waals surface area contributed by atoms with Gasteiger partial charge in [0, 0.05) is 6.04 Å². The van der Waals surface area contributed by atoms with Crippen molar-refractivity contribution >= 4 is 17.7 Å². The van der Waals surface area contributed by atoms with Crippen LogP contribution < -0.4 is 5.32 Å². The highest BCUT2D eigenvalue weighted by Crippen LogP contribution is 2.29. The summed E-state index contributed by atoms with van der Waals surface area (Å²) in [6, 6.07) is 2.42. The average Bonchev–Trinajstić information content (AvgIpc) is 2.38. The third kappa shape index (κ3) is 6.33. The highest BCUT2D eigenvalue weighted by atomic mass is 32.2. The highest BCUT2D eigenvalue weighted by molar-refractivity contribution is 7.99. The van der Waals surface area contributed by atoms with Crippen LogP contribution in [-0.4, -0.2) is 23.5 Å². The third-order valence-electron chi connectivity index (χ3n) is 3.28.